The molecule has 0 atom stereocenters. The summed E-state index contributed by atoms with van der Waals surface area (Å²) in [7, 11) is 0. The molecule has 0 aliphatic carbocycles. The molecule has 3 N–H and O–H groups in total. The number of nitrogens with one attached hydrogen (secondary N) is 1. The molecule has 5 heteroatoms. The molecule has 0 spiro atoms. The Morgan fingerprint density at radius 1 is 1.19 bits per heavy atom. The smallest absolute Gasteiger partial charge is 0.237 e. The molecular weight excluding hydrogens is 338 g/mol. The molecule has 2 aromatic rings. The number of unbranched alkanes of at least 4 members (excludes halogenated alkanes) is 2. The summed E-state index contributed by atoms with van der Waals surface area (Å²) in [6.45, 7) is 5.61. The summed E-state index contributed by atoms with van der Waals surface area (Å²) in [6, 6.07) is 12.7. The fraction of sp³-hybridized carbons (Fsp3) is 0.500. The first-order chi connectivity index (χ1) is 13.2. The molecule has 0 aromatic heterocycles. The van der Waals surface area contributed by atoms with Gasteiger partial charge in [0.15, 0.2) is 0 Å². The predicted octanol–water partition coefficient (Wildman–Crippen LogP) is 3.61. The lowest BCUT2D eigenvalue weighted by Gasteiger charge is -2.31. The average molecular weight is 370 g/mol. The highest BCUT2D eigenvalue weighted by Gasteiger charge is 2.25. The summed E-state index contributed by atoms with van der Waals surface area (Å²) >= 11 is 0. The molecule has 0 saturated carbocycles. The fourth-order valence-corrected chi connectivity index (χ4v) is 3.84. The van der Waals surface area contributed by atoms with Crippen molar-refractivity contribution < 1.29 is 9.53 Å². The first-order valence-corrected chi connectivity index (χ1v) is 10.1. The molecule has 0 unspecified atom stereocenters. The van der Waals surface area contributed by atoms with E-state index in [2.05, 4.69) is 53.6 Å². The minimum Gasteiger partial charge on any atom is -0.493 e. The van der Waals surface area contributed by atoms with Gasteiger partial charge in [-0.25, -0.2) is 5.84 Å². The van der Waals surface area contributed by atoms with E-state index >= 15 is 0 Å². The van der Waals surface area contributed by atoms with Crippen molar-refractivity contribution in [2.24, 2.45) is 11.8 Å². The zero-order chi connectivity index (χ0) is 19.1. The summed E-state index contributed by atoms with van der Waals surface area (Å²) < 4.78 is 6.16. The van der Waals surface area contributed by atoms with Gasteiger partial charge in [-0.3, -0.25) is 15.1 Å². The molecule has 1 fully saturated rings. The highest BCUT2D eigenvalue weighted by atomic mass is 16.5. The first kappa shape index (κ1) is 19.6. The molecule has 27 heavy (non-hydrogen) atoms. The quantitative estimate of drug-likeness (QED) is 0.323. The van der Waals surface area contributed by atoms with Crippen molar-refractivity contribution in [1.82, 2.24) is 10.3 Å². The minimum atomic E-state index is -0.0419. The van der Waals surface area contributed by atoms with Crippen LogP contribution in [-0.4, -0.2) is 30.5 Å². The second kappa shape index (κ2) is 9.72. The maximum atomic E-state index is 11.8. The zero-order valence-electron chi connectivity index (χ0n) is 16.2. The van der Waals surface area contributed by atoms with Gasteiger partial charge in [0.25, 0.3) is 0 Å². The van der Waals surface area contributed by atoms with Crippen molar-refractivity contribution in [3.05, 3.63) is 42.0 Å². The number of rotatable bonds is 8. The van der Waals surface area contributed by atoms with Gasteiger partial charge in [-0.2, -0.15) is 0 Å². The number of carbonyl (C=O) groups is 1. The summed E-state index contributed by atoms with van der Waals surface area (Å²) in [5.41, 5.74) is 3.54. The molecule has 0 radical (unpaired) electrons. The van der Waals surface area contributed by atoms with Crippen LogP contribution in [0.1, 0.15) is 44.6 Å². The Morgan fingerprint density at radius 2 is 1.96 bits per heavy atom. The lowest BCUT2D eigenvalue weighted by atomic mass is 9.95. The predicted molar refractivity (Wildman–Crippen MR) is 109 cm³/mol. The van der Waals surface area contributed by atoms with Crippen molar-refractivity contribution in [3.63, 3.8) is 0 Å². The van der Waals surface area contributed by atoms with Crippen LogP contribution in [0.4, 0.5) is 0 Å². The van der Waals surface area contributed by atoms with Crippen LogP contribution >= 0.6 is 0 Å². The summed E-state index contributed by atoms with van der Waals surface area (Å²) in [5.74, 6) is 6.26. The minimum absolute atomic E-state index is 0.0310. The summed E-state index contributed by atoms with van der Waals surface area (Å²) in [4.78, 5) is 14.2. The number of nitrogens with zero attached hydrogens (tertiary/aromatic N) is 1. The Balaban J connectivity index is 1.74. The Bertz CT molecular complexity index is 754. The van der Waals surface area contributed by atoms with Crippen LogP contribution in [0.3, 0.4) is 0 Å². The largest absolute Gasteiger partial charge is 0.493 e. The maximum Gasteiger partial charge on any atom is 0.237 e. The van der Waals surface area contributed by atoms with Crippen molar-refractivity contribution in [2.45, 2.75) is 45.6 Å². The standard InChI is InChI=1S/C22H31N3O2/c1-2-3-6-15-27-21-10-9-17-7-4-5-8-19(17)20(21)16-25-13-11-18(12-14-25)22(26)24-23/h4-5,7-10,18H,2-3,6,11-16,23H2,1H3,(H,24,26). The number of carbonyl (C=O) groups excluding carboxylic acids is 1. The Morgan fingerprint density at radius 3 is 2.70 bits per heavy atom. The molecular formula is C22H31N3O2. The van der Waals surface area contributed by atoms with Crippen LogP contribution in [-0.2, 0) is 11.3 Å². The van der Waals surface area contributed by atoms with Gasteiger partial charge in [0, 0.05) is 18.0 Å². The van der Waals surface area contributed by atoms with E-state index in [1.165, 1.54) is 29.2 Å². The topological polar surface area (TPSA) is 67.6 Å². The molecule has 0 bridgehead atoms. The number of benzene rings is 2. The molecule has 1 aliphatic heterocycles. The van der Waals surface area contributed by atoms with Crippen LogP contribution in [0.2, 0.25) is 0 Å². The molecule has 1 aliphatic rings. The number of hydrogen-bond acceptors (Lipinski definition) is 4. The average Bonchev–Trinajstić information content (AvgIpc) is 2.72. The van der Waals surface area contributed by atoms with E-state index in [9.17, 15) is 4.79 Å². The number of ether oxygens (including phenoxy) is 1. The van der Waals surface area contributed by atoms with E-state index in [-0.39, 0.29) is 11.8 Å². The van der Waals surface area contributed by atoms with Crippen molar-refractivity contribution >= 4 is 16.7 Å². The molecule has 2 aromatic carbocycles. The van der Waals surface area contributed by atoms with Gasteiger partial charge in [-0.15, -0.1) is 0 Å². The molecule has 3 rings (SSSR count). The van der Waals surface area contributed by atoms with E-state index in [0.29, 0.717) is 0 Å². The first-order valence-electron chi connectivity index (χ1n) is 10.1. The monoisotopic (exact) mass is 369 g/mol. The van der Waals surface area contributed by atoms with Crippen molar-refractivity contribution in [1.29, 1.82) is 0 Å². The highest BCUT2D eigenvalue weighted by molar-refractivity contribution is 5.87. The van der Waals surface area contributed by atoms with E-state index in [1.807, 2.05) is 0 Å². The van der Waals surface area contributed by atoms with Gasteiger partial charge in [0.05, 0.1) is 6.61 Å². The third-order valence-electron chi connectivity index (χ3n) is 5.49. The maximum absolute atomic E-state index is 11.8. The molecule has 5 nitrogen and oxygen atoms in total. The Labute approximate surface area is 161 Å². The van der Waals surface area contributed by atoms with Crippen LogP contribution in [0, 0.1) is 5.92 Å². The normalized spacial score (nSPS) is 15.8. The van der Waals surface area contributed by atoms with Crippen LogP contribution in [0.15, 0.2) is 36.4 Å². The number of likely N-dealkylation sites (tertiary alicyclic amines) is 1. The zero-order valence-corrected chi connectivity index (χ0v) is 16.2. The van der Waals surface area contributed by atoms with E-state index < -0.39 is 0 Å². The van der Waals surface area contributed by atoms with Crippen LogP contribution in [0.25, 0.3) is 10.8 Å². The second-order valence-corrected chi connectivity index (χ2v) is 7.38. The number of hydrogen-bond donors (Lipinski definition) is 2. The Hall–Kier alpha value is -2.11. The Kier molecular flexibility index (Phi) is 7.07. The third kappa shape index (κ3) is 4.99. The molecule has 146 valence electrons. The summed E-state index contributed by atoms with van der Waals surface area (Å²) in [6.07, 6.45) is 5.17. The number of nitrogens with two attached hydrogens (primary N) is 1. The molecule has 1 heterocycles. The lowest BCUT2D eigenvalue weighted by molar-refractivity contribution is -0.126. The second-order valence-electron chi connectivity index (χ2n) is 7.38. The van der Waals surface area contributed by atoms with Gasteiger partial charge >= 0.3 is 0 Å². The van der Waals surface area contributed by atoms with Gasteiger partial charge in [0.2, 0.25) is 5.91 Å². The van der Waals surface area contributed by atoms with Gasteiger partial charge in [-0.05, 0) is 49.2 Å². The van der Waals surface area contributed by atoms with Crippen molar-refractivity contribution in [2.75, 3.05) is 19.7 Å². The number of hydrazine groups is 1. The SMILES string of the molecule is CCCCCOc1ccc2ccccc2c1CN1CCC(C(=O)NN)CC1. The molecule has 1 amide bonds. The van der Waals surface area contributed by atoms with E-state index in [0.717, 1.165) is 51.3 Å². The van der Waals surface area contributed by atoms with Gasteiger partial charge < -0.3 is 4.74 Å². The van der Waals surface area contributed by atoms with Gasteiger partial charge in [-0.1, -0.05) is 50.1 Å². The lowest BCUT2D eigenvalue weighted by Crippen LogP contribution is -2.42. The third-order valence-corrected chi connectivity index (χ3v) is 5.49. The number of amides is 1. The van der Waals surface area contributed by atoms with Crippen LogP contribution in [0.5, 0.6) is 5.75 Å². The number of piperidine rings is 1. The number of fused-ring (bicyclic) bond motifs is 1. The van der Waals surface area contributed by atoms with E-state index in [4.69, 9.17) is 10.6 Å². The van der Waals surface area contributed by atoms with E-state index in [1.54, 1.807) is 0 Å². The summed E-state index contributed by atoms with van der Waals surface area (Å²) in [5, 5.41) is 2.50. The molecule has 1 saturated heterocycles. The fourth-order valence-electron chi connectivity index (χ4n) is 3.84. The van der Waals surface area contributed by atoms with Crippen molar-refractivity contribution in [3.8, 4) is 5.75 Å². The highest BCUT2D eigenvalue weighted by Crippen LogP contribution is 2.31. The van der Waals surface area contributed by atoms with Crippen LogP contribution < -0.4 is 16.0 Å². The van der Waals surface area contributed by atoms with Gasteiger partial charge in [0.1, 0.15) is 5.75 Å².